The number of fused-ring (bicyclic) bond motifs is 1. The Labute approximate surface area is 138 Å². The normalized spacial score (nSPS) is 11.9. The van der Waals surface area contributed by atoms with Crippen molar-refractivity contribution in [3.8, 4) is 0 Å². The minimum Gasteiger partial charge on any atom is -0.451 e. The molecule has 0 radical (unpaired) electrons. The summed E-state index contributed by atoms with van der Waals surface area (Å²) in [5, 5.41) is 3.45. The number of ether oxygens (including phenoxy) is 1. The number of esters is 1. The van der Waals surface area contributed by atoms with Crippen LogP contribution < -0.4 is 10.9 Å². The van der Waals surface area contributed by atoms with Crippen molar-refractivity contribution in [1.29, 1.82) is 0 Å². The van der Waals surface area contributed by atoms with Gasteiger partial charge >= 0.3 is 5.97 Å². The van der Waals surface area contributed by atoms with E-state index >= 15 is 0 Å². The number of nitrogens with zero attached hydrogens (tertiary/aromatic N) is 1. The number of anilines is 1. The SMILES string of the molecule is CNc1ccccc1C(=O)O[C@H](C)c1nc2ccccc2c(=O)[nH]1. The van der Waals surface area contributed by atoms with Crippen molar-refractivity contribution >= 4 is 22.6 Å². The number of hydrogen-bond donors (Lipinski definition) is 2. The van der Waals surface area contributed by atoms with E-state index < -0.39 is 12.1 Å². The summed E-state index contributed by atoms with van der Waals surface area (Å²) in [5.41, 5.74) is 1.41. The van der Waals surface area contributed by atoms with Crippen LogP contribution in [-0.4, -0.2) is 23.0 Å². The van der Waals surface area contributed by atoms with Gasteiger partial charge in [-0.1, -0.05) is 24.3 Å². The third-order valence-corrected chi connectivity index (χ3v) is 3.72. The lowest BCUT2D eigenvalue weighted by Gasteiger charge is -2.14. The van der Waals surface area contributed by atoms with Gasteiger partial charge in [-0.3, -0.25) is 4.79 Å². The van der Waals surface area contributed by atoms with E-state index in [9.17, 15) is 9.59 Å². The zero-order valence-corrected chi connectivity index (χ0v) is 13.4. The van der Waals surface area contributed by atoms with Gasteiger partial charge in [-0.2, -0.15) is 0 Å². The summed E-state index contributed by atoms with van der Waals surface area (Å²) >= 11 is 0. The Hall–Kier alpha value is -3.15. The van der Waals surface area contributed by atoms with Gasteiger partial charge in [0.1, 0.15) is 0 Å². The van der Waals surface area contributed by atoms with Crippen LogP contribution in [0.5, 0.6) is 0 Å². The van der Waals surface area contributed by atoms with Crippen LogP contribution in [-0.2, 0) is 4.74 Å². The lowest BCUT2D eigenvalue weighted by atomic mass is 10.2. The van der Waals surface area contributed by atoms with Crippen LogP contribution in [0.15, 0.2) is 53.3 Å². The molecule has 1 heterocycles. The fourth-order valence-corrected chi connectivity index (χ4v) is 2.46. The minimum atomic E-state index is -0.681. The molecule has 0 fully saturated rings. The molecule has 6 nitrogen and oxygen atoms in total. The number of para-hydroxylation sites is 2. The van der Waals surface area contributed by atoms with E-state index in [0.717, 1.165) is 0 Å². The van der Waals surface area contributed by atoms with Gasteiger partial charge in [0.2, 0.25) is 0 Å². The number of H-pyrrole nitrogens is 1. The summed E-state index contributed by atoms with van der Waals surface area (Å²) in [4.78, 5) is 31.5. The van der Waals surface area contributed by atoms with Crippen molar-refractivity contribution < 1.29 is 9.53 Å². The number of carbonyl (C=O) groups excluding carboxylic acids is 1. The molecule has 0 amide bonds. The van der Waals surface area contributed by atoms with E-state index in [1.54, 1.807) is 56.4 Å². The molecule has 122 valence electrons. The van der Waals surface area contributed by atoms with Crippen LogP contribution in [0.3, 0.4) is 0 Å². The third kappa shape index (κ3) is 2.99. The Bertz CT molecular complexity index is 949. The lowest BCUT2D eigenvalue weighted by molar-refractivity contribution is 0.0321. The van der Waals surface area contributed by atoms with E-state index in [4.69, 9.17) is 4.74 Å². The fraction of sp³-hybridized carbons (Fsp3) is 0.167. The number of carbonyl (C=O) groups is 1. The smallest absolute Gasteiger partial charge is 0.340 e. The Morgan fingerprint density at radius 3 is 2.67 bits per heavy atom. The van der Waals surface area contributed by atoms with Gasteiger partial charge in [0.05, 0.1) is 16.5 Å². The number of hydrogen-bond acceptors (Lipinski definition) is 5. The average molecular weight is 323 g/mol. The summed E-state index contributed by atoms with van der Waals surface area (Å²) in [6.45, 7) is 1.67. The number of aromatic amines is 1. The summed E-state index contributed by atoms with van der Waals surface area (Å²) in [6.07, 6.45) is -0.681. The predicted octanol–water partition coefficient (Wildman–Crippen LogP) is 2.88. The lowest BCUT2D eigenvalue weighted by Crippen LogP contribution is -2.18. The van der Waals surface area contributed by atoms with Crippen molar-refractivity contribution in [2.45, 2.75) is 13.0 Å². The van der Waals surface area contributed by atoms with Crippen LogP contribution in [0, 0.1) is 0 Å². The van der Waals surface area contributed by atoms with Gasteiger partial charge in [0.15, 0.2) is 11.9 Å². The first-order valence-corrected chi connectivity index (χ1v) is 7.57. The van der Waals surface area contributed by atoms with Gasteiger partial charge in [0.25, 0.3) is 5.56 Å². The molecule has 1 aromatic heterocycles. The van der Waals surface area contributed by atoms with E-state index in [1.807, 2.05) is 6.07 Å². The fourth-order valence-electron chi connectivity index (χ4n) is 2.46. The zero-order chi connectivity index (χ0) is 17.1. The van der Waals surface area contributed by atoms with Crippen LogP contribution in [0.1, 0.15) is 29.2 Å². The van der Waals surface area contributed by atoms with Crippen LogP contribution in [0.2, 0.25) is 0 Å². The predicted molar refractivity (Wildman–Crippen MR) is 92.2 cm³/mol. The van der Waals surface area contributed by atoms with E-state index in [2.05, 4.69) is 15.3 Å². The van der Waals surface area contributed by atoms with E-state index in [1.165, 1.54) is 0 Å². The number of rotatable bonds is 4. The molecule has 1 atom stereocenters. The first-order valence-electron chi connectivity index (χ1n) is 7.57. The molecule has 0 aliphatic rings. The molecule has 24 heavy (non-hydrogen) atoms. The van der Waals surface area contributed by atoms with Crippen molar-refractivity contribution in [2.24, 2.45) is 0 Å². The molecule has 2 aromatic carbocycles. The standard InChI is InChI=1S/C18H17N3O3/c1-11(24-18(23)13-8-4-5-9-14(13)19-2)16-20-15-10-6-3-7-12(15)17(22)21-16/h3-11,19H,1-2H3,(H,20,21,22)/t11-/m1/s1. The molecular weight excluding hydrogens is 306 g/mol. The number of benzene rings is 2. The molecule has 3 aromatic rings. The average Bonchev–Trinajstić information content (AvgIpc) is 2.61. The summed E-state index contributed by atoms with van der Waals surface area (Å²) < 4.78 is 5.46. The summed E-state index contributed by atoms with van der Waals surface area (Å²) in [7, 11) is 1.73. The van der Waals surface area contributed by atoms with Gasteiger partial charge in [-0.15, -0.1) is 0 Å². The molecule has 0 unspecified atom stereocenters. The molecule has 0 spiro atoms. The Kier molecular flexibility index (Phi) is 4.29. The molecule has 3 rings (SSSR count). The Morgan fingerprint density at radius 2 is 1.88 bits per heavy atom. The molecule has 0 saturated carbocycles. The van der Waals surface area contributed by atoms with Crippen molar-refractivity contribution in [3.05, 3.63) is 70.3 Å². The maximum absolute atomic E-state index is 12.4. The molecule has 0 bridgehead atoms. The second-order valence-electron chi connectivity index (χ2n) is 5.31. The summed E-state index contributed by atoms with van der Waals surface area (Å²) in [5.74, 6) is -0.169. The van der Waals surface area contributed by atoms with E-state index in [0.29, 0.717) is 28.0 Å². The molecule has 0 aliphatic carbocycles. The highest BCUT2D eigenvalue weighted by Crippen LogP contribution is 2.20. The topological polar surface area (TPSA) is 84.1 Å². The summed E-state index contributed by atoms with van der Waals surface area (Å²) in [6, 6.07) is 14.1. The van der Waals surface area contributed by atoms with Gasteiger partial charge < -0.3 is 15.0 Å². The van der Waals surface area contributed by atoms with Crippen LogP contribution >= 0.6 is 0 Å². The van der Waals surface area contributed by atoms with Gasteiger partial charge in [-0.25, -0.2) is 9.78 Å². The van der Waals surface area contributed by atoms with Crippen LogP contribution in [0.25, 0.3) is 10.9 Å². The van der Waals surface area contributed by atoms with Crippen molar-refractivity contribution in [1.82, 2.24) is 9.97 Å². The van der Waals surface area contributed by atoms with Gasteiger partial charge in [0, 0.05) is 12.7 Å². The van der Waals surface area contributed by atoms with Crippen molar-refractivity contribution in [2.75, 3.05) is 12.4 Å². The van der Waals surface area contributed by atoms with Crippen molar-refractivity contribution in [3.63, 3.8) is 0 Å². The first kappa shape index (κ1) is 15.7. The minimum absolute atomic E-state index is 0.255. The third-order valence-electron chi connectivity index (χ3n) is 3.72. The maximum atomic E-state index is 12.4. The number of aromatic nitrogens is 2. The number of nitrogens with one attached hydrogen (secondary N) is 2. The van der Waals surface area contributed by atoms with E-state index in [-0.39, 0.29) is 5.56 Å². The second-order valence-corrected chi connectivity index (χ2v) is 5.31. The zero-order valence-electron chi connectivity index (χ0n) is 13.4. The molecule has 0 saturated heterocycles. The second kappa shape index (κ2) is 6.54. The largest absolute Gasteiger partial charge is 0.451 e. The maximum Gasteiger partial charge on any atom is 0.340 e. The highest BCUT2D eigenvalue weighted by Gasteiger charge is 2.18. The molecule has 6 heteroatoms. The molecule has 2 N–H and O–H groups in total. The Morgan fingerprint density at radius 1 is 1.17 bits per heavy atom. The first-order chi connectivity index (χ1) is 11.6. The molecular formula is C18H17N3O3. The Balaban J connectivity index is 1.88. The highest BCUT2D eigenvalue weighted by atomic mass is 16.5. The van der Waals surface area contributed by atoms with Gasteiger partial charge in [-0.05, 0) is 31.2 Å². The monoisotopic (exact) mass is 323 g/mol. The molecule has 0 aliphatic heterocycles. The van der Waals surface area contributed by atoms with Crippen LogP contribution in [0.4, 0.5) is 5.69 Å². The highest BCUT2D eigenvalue weighted by molar-refractivity contribution is 5.95. The quantitative estimate of drug-likeness (QED) is 0.721.